The summed E-state index contributed by atoms with van der Waals surface area (Å²) in [5.41, 5.74) is 0.970. The van der Waals surface area contributed by atoms with E-state index in [2.05, 4.69) is 34.5 Å². The summed E-state index contributed by atoms with van der Waals surface area (Å²) in [7, 11) is -0.742. The van der Waals surface area contributed by atoms with Crippen LogP contribution < -0.4 is 20.3 Å². The predicted octanol–water partition coefficient (Wildman–Crippen LogP) is 5.56. The number of phenolic OH excluding ortho intramolecular Hbond substituents is 1. The third-order valence-electron chi connectivity index (χ3n) is 10.2. The van der Waals surface area contributed by atoms with Crippen LogP contribution in [0.25, 0.3) is 32.8 Å². The molecule has 0 saturated carbocycles. The van der Waals surface area contributed by atoms with Crippen LogP contribution >= 0.6 is 7.92 Å². The number of rotatable bonds is 6. The Balaban J connectivity index is 1.31. The molecule has 0 aliphatic carbocycles. The topological polar surface area (TPSA) is 73.8 Å². The Morgan fingerprint density at radius 2 is 1.86 bits per heavy atom. The van der Waals surface area contributed by atoms with E-state index in [1.165, 1.54) is 0 Å². The first-order valence-corrected chi connectivity index (χ1v) is 18.0. The lowest BCUT2D eigenvalue weighted by atomic mass is 9.95. The molecule has 3 aromatic carbocycles. The van der Waals surface area contributed by atoms with Gasteiger partial charge in [0, 0.05) is 49.1 Å². The molecule has 7 nitrogen and oxygen atoms in total. The Morgan fingerprint density at radius 3 is 2.66 bits per heavy atom. The van der Waals surface area contributed by atoms with Crippen LogP contribution in [0, 0.1) is 5.82 Å². The van der Waals surface area contributed by atoms with Gasteiger partial charge in [-0.15, -0.1) is 0 Å². The Hall–Kier alpha value is -3.13. The van der Waals surface area contributed by atoms with Gasteiger partial charge in [0.25, 0.3) is 0 Å². The molecule has 4 aromatic rings. The molecule has 4 aliphatic heterocycles. The van der Waals surface area contributed by atoms with E-state index in [1.54, 1.807) is 12.1 Å². The normalized spacial score (nSPS) is 26.8. The third kappa shape index (κ3) is 4.70. The second kappa shape index (κ2) is 10.7. The standard InChI is InChI=1S/C34H38F2N5O2P/c1-44(2)28-14-27-31(30(36)29(28)26-13-24(42)12-20-6-3-4-7-25(20)26)38-33(39-32(27)40-17-22-8-9-23(18-40)37-22)43-19-34-10-5-11-41(34)16-21(35)15-34/h3-4,6-7,12-14,21-23,37,42H,5,8-11,15-19H2,1-2H3/t21-,22-,23+,34+/m1/s1. The van der Waals surface area contributed by atoms with E-state index in [0.717, 1.165) is 61.4 Å². The van der Waals surface area contributed by atoms with Crippen molar-refractivity contribution in [3.63, 3.8) is 0 Å². The average Bonchev–Trinajstić information content (AvgIpc) is 3.65. The van der Waals surface area contributed by atoms with Crippen molar-refractivity contribution in [2.24, 2.45) is 0 Å². The van der Waals surface area contributed by atoms with Crippen molar-refractivity contribution < 1.29 is 18.6 Å². The highest BCUT2D eigenvalue weighted by atomic mass is 31.1. The van der Waals surface area contributed by atoms with Gasteiger partial charge < -0.3 is 20.1 Å². The lowest BCUT2D eigenvalue weighted by Gasteiger charge is -2.35. The lowest BCUT2D eigenvalue weighted by molar-refractivity contribution is 0.107. The summed E-state index contributed by atoms with van der Waals surface area (Å²) in [6, 6.07) is 14.1. The number of nitrogens with one attached hydrogen (secondary N) is 1. The first-order valence-electron chi connectivity index (χ1n) is 15.7. The number of aromatic hydroxyl groups is 1. The number of anilines is 1. The molecule has 0 spiro atoms. The summed E-state index contributed by atoms with van der Waals surface area (Å²) >= 11 is 0. The molecule has 4 aliphatic rings. The van der Waals surface area contributed by atoms with Gasteiger partial charge in [0.2, 0.25) is 0 Å². The average molecular weight is 618 g/mol. The smallest absolute Gasteiger partial charge is 0.319 e. The molecular weight excluding hydrogens is 579 g/mol. The number of nitrogens with zero attached hydrogens (tertiary/aromatic N) is 4. The van der Waals surface area contributed by atoms with E-state index in [9.17, 15) is 9.50 Å². The summed E-state index contributed by atoms with van der Waals surface area (Å²) in [4.78, 5) is 14.2. The number of ether oxygens (including phenoxy) is 1. The van der Waals surface area contributed by atoms with Gasteiger partial charge in [-0.3, -0.25) is 4.90 Å². The molecule has 230 valence electrons. The van der Waals surface area contributed by atoms with Gasteiger partial charge in [-0.2, -0.15) is 9.97 Å². The number of aromatic nitrogens is 2. The number of hydrogen-bond donors (Lipinski definition) is 2. The van der Waals surface area contributed by atoms with Gasteiger partial charge in [0.1, 0.15) is 29.9 Å². The minimum absolute atomic E-state index is 0.0903. The van der Waals surface area contributed by atoms with E-state index >= 15 is 4.39 Å². The third-order valence-corrected chi connectivity index (χ3v) is 11.5. The molecule has 4 atom stereocenters. The zero-order valence-electron chi connectivity index (χ0n) is 25.2. The van der Waals surface area contributed by atoms with Crippen LogP contribution in [0.3, 0.4) is 0 Å². The van der Waals surface area contributed by atoms with Crippen molar-refractivity contribution in [3.05, 3.63) is 48.3 Å². The van der Waals surface area contributed by atoms with E-state index in [4.69, 9.17) is 14.7 Å². The van der Waals surface area contributed by atoms with E-state index in [1.807, 2.05) is 24.3 Å². The van der Waals surface area contributed by atoms with Gasteiger partial charge in [0.15, 0.2) is 5.82 Å². The Labute approximate surface area is 257 Å². The summed E-state index contributed by atoms with van der Waals surface area (Å²) in [5, 5.41) is 17.7. The minimum atomic E-state index is -0.864. The van der Waals surface area contributed by atoms with Crippen molar-refractivity contribution in [1.82, 2.24) is 20.2 Å². The Bertz CT molecular complexity index is 1760. The molecule has 0 unspecified atom stereocenters. The van der Waals surface area contributed by atoms with Crippen LogP contribution in [0.15, 0.2) is 42.5 Å². The number of fused-ring (bicyclic) bond motifs is 5. The van der Waals surface area contributed by atoms with Crippen LogP contribution in [0.2, 0.25) is 0 Å². The zero-order valence-corrected chi connectivity index (χ0v) is 26.1. The van der Waals surface area contributed by atoms with Crippen molar-refractivity contribution in [2.75, 3.05) is 51.0 Å². The number of phenols is 1. The van der Waals surface area contributed by atoms with E-state index in [0.29, 0.717) is 47.4 Å². The minimum Gasteiger partial charge on any atom is -0.508 e. The summed E-state index contributed by atoms with van der Waals surface area (Å²) in [6.07, 6.45) is 3.69. The lowest BCUT2D eigenvalue weighted by Crippen LogP contribution is -2.51. The molecule has 10 heteroatoms. The second-order valence-corrected chi connectivity index (χ2v) is 15.6. The summed E-state index contributed by atoms with van der Waals surface area (Å²) in [6.45, 7) is 7.40. The maximum absolute atomic E-state index is 17.2. The molecule has 0 amide bonds. The van der Waals surface area contributed by atoms with Crippen molar-refractivity contribution in [2.45, 2.75) is 55.9 Å². The maximum atomic E-state index is 17.2. The molecule has 8 rings (SSSR count). The van der Waals surface area contributed by atoms with Gasteiger partial charge in [0.05, 0.1) is 5.54 Å². The highest BCUT2D eigenvalue weighted by molar-refractivity contribution is 7.64. The summed E-state index contributed by atoms with van der Waals surface area (Å²) in [5.74, 6) is 0.358. The predicted molar refractivity (Wildman–Crippen MR) is 173 cm³/mol. The van der Waals surface area contributed by atoms with Crippen LogP contribution in [-0.4, -0.2) is 89.9 Å². The highest BCUT2D eigenvalue weighted by Crippen LogP contribution is 2.43. The second-order valence-electron chi connectivity index (χ2n) is 13.3. The Morgan fingerprint density at radius 1 is 1.07 bits per heavy atom. The summed E-state index contributed by atoms with van der Waals surface area (Å²) < 4.78 is 38.1. The van der Waals surface area contributed by atoms with E-state index in [-0.39, 0.29) is 29.4 Å². The fourth-order valence-electron chi connectivity index (χ4n) is 8.21. The molecule has 5 heterocycles. The van der Waals surface area contributed by atoms with Gasteiger partial charge in [-0.1, -0.05) is 32.2 Å². The molecule has 0 radical (unpaired) electrons. The maximum Gasteiger partial charge on any atom is 0.319 e. The fraction of sp³-hybridized carbons (Fsp3) is 0.471. The number of benzene rings is 3. The highest BCUT2D eigenvalue weighted by Gasteiger charge is 2.49. The van der Waals surface area contributed by atoms with Crippen LogP contribution in [0.5, 0.6) is 11.8 Å². The van der Waals surface area contributed by atoms with Crippen molar-refractivity contribution in [1.29, 1.82) is 0 Å². The van der Waals surface area contributed by atoms with Crippen LogP contribution in [-0.2, 0) is 0 Å². The quantitative estimate of drug-likeness (QED) is 0.275. The molecule has 2 N–H and O–H groups in total. The number of piperazine rings is 1. The molecule has 44 heavy (non-hydrogen) atoms. The number of alkyl halides is 1. The van der Waals surface area contributed by atoms with Gasteiger partial charge in [-0.05, 0) is 85.4 Å². The SMILES string of the molecule is CP(C)c1cc2c(N3C[C@H]4CC[C@@H](C3)N4)nc(OC[C@@]34CCCN3C[C@H](F)C4)nc2c(F)c1-c1cc(O)cc2ccccc12. The van der Waals surface area contributed by atoms with Crippen molar-refractivity contribution >= 4 is 40.7 Å². The Kier molecular flexibility index (Phi) is 6.92. The number of halogens is 2. The number of hydrogen-bond acceptors (Lipinski definition) is 7. The monoisotopic (exact) mass is 617 g/mol. The largest absolute Gasteiger partial charge is 0.508 e. The van der Waals surface area contributed by atoms with Crippen LogP contribution in [0.4, 0.5) is 14.6 Å². The molecule has 4 fully saturated rings. The van der Waals surface area contributed by atoms with Crippen LogP contribution in [0.1, 0.15) is 32.1 Å². The first kappa shape index (κ1) is 28.4. The van der Waals surface area contributed by atoms with Crippen molar-refractivity contribution in [3.8, 4) is 22.9 Å². The first-order chi connectivity index (χ1) is 21.3. The zero-order chi connectivity index (χ0) is 30.2. The molecule has 1 aromatic heterocycles. The van der Waals surface area contributed by atoms with Gasteiger partial charge >= 0.3 is 6.01 Å². The molecular formula is C34H38F2N5O2P. The van der Waals surface area contributed by atoms with E-state index < -0.39 is 19.9 Å². The fourth-order valence-corrected chi connectivity index (χ4v) is 9.26. The van der Waals surface area contributed by atoms with Gasteiger partial charge in [-0.25, -0.2) is 8.78 Å². The molecule has 4 saturated heterocycles. The molecule has 2 bridgehead atoms.